The van der Waals surface area contributed by atoms with Crippen molar-refractivity contribution in [2.75, 3.05) is 17.7 Å². The van der Waals surface area contributed by atoms with Gasteiger partial charge in [0.25, 0.3) is 5.69 Å². The number of nitro groups is 1. The van der Waals surface area contributed by atoms with Crippen LogP contribution in [0.15, 0.2) is 42.5 Å². The molecule has 8 heteroatoms. The first-order valence-electron chi connectivity index (χ1n) is 8.29. The number of hydrogen-bond donors (Lipinski definition) is 1. The number of nitro benzene ring substituents is 1. The maximum Gasteiger partial charge on any atom is 0.338 e. The van der Waals surface area contributed by atoms with Crippen molar-refractivity contribution in [2.24, 2.45) is 0 Å². The van der Waals surface area contributed by atoms with Gasteiger partial charge in [0.05, 0.1) is 22.8 Å². The molecular weight excluding hydrogens is 368 g/mol. The number of hydrogen-bond acceptors (Lipinski definition) is 6. The second kappa shape index (κ2) is 9.72. The van der Waals surface area contributed by atoms with Crippen molar-refractivity contribution in [1.82, 2.24) is 0 Å². The summed E-state index contributed by atoms with van der Waals surface area (Å²) >= 11 is 1.41. The quantitative estimate of drug-likeness (QED) is 0.418. The molecule has 7 nitrogen and oxygen atoms in total. The Morgan fingerprint density at radius 2 is 1.89 bits per heavy atom. The number of thioether (sulfide) groups is 1. The van der Waals surface area contributed by atoms with Crippen LogP contribution in [0.1, 0.15) is 28.4 Å². The Kier molecular flexibility index (Phi) is 7.36. The Labute approximate surface area is 161 Å². The van der Waals surface area contributed by atoms with Gasteiger partial charge in [-0.15, -0.1) is 11.8 Å². The fourth-order valence-electron chi connectivity index (χ4n) is 2.31. The van der Waals surface area contributed by atoms with Crippen molar-refractivity contribution in [3.63, 3.8) is 0 Å². The normalized spacial score (nSPS) is 10.3. The van der Waals surface area contributed by atoms with Crippen LogP contribution >= 0.6 is 11.8 Å². The molecule has 0 aliphatic heterocycles. The van der Waals surface area contributed by atoms with Crippen molar-refractivity contribution < 1.29 is 19.2 Å². The highest BCUT2D eigenvalue weighted by molar-refractivity contribution is 7.99. The highest BCUT2D eigenvalue weighted by Gasteiger charge is 2.11. The van der Waals surface area contributed by atoms with E-state index in [0.29, 0.717) is 23.6 Å². The molecule has 142 valence electrons. The number of amides is 1. The minimum absolute atomic E-state index is 0.0447. The molecule has 1 N–H and O–H groups in total. The highest BCUT2D eigenvalue weighted by Crippen LogP contribution is 2.19. The number of aryl methyl sites for hydroxylation is 1. The average molecular weight is 388 g/mol. The third-order valence-corrected chi connectivity index (χ3v) is 4.66. The predicted molar refractivity (Wildman–Crippen MR) is 105 cm³/mol. The van der Waals surface area contributed by atoms with E-state index in [-0.39, 0.29) is 17.3 Å². The summed E-state index contributed by atoms with van der Waals surface area (Å²) in [6.07, 6.45) is 0. The van der Waals surface area contributed by atoms with Gasteiger partial charge in [0, 0.05) is 23.6 Å². The predicted octanol–water partition coefficient (Wildman–Crippen LogP) is 3.95. The zero-order valence-corrected chi connectivity index (χ0v) is 15.9. The molecule has 0 heterocycles. The zero-order valence-electron chi connectivity index (χ0n) is 15.1. The Morgan fingerprint density at radius 1 is 1.19 bits per heavy atom. The van der Waals surface area contributed by atoms with E-state index in [1.807, 2.05) is 6.92 Å². The summed E-state index contributed by atoms with van der Waals surface area (Å²) in [5, 5.41) is 13.4. The first-order chi connectivity index (χ1) is 12.9. The Morgan fingerprint density at radius 3 is 2.48 bits per heavy atom. The smallest absolute Gasteiger partial charge is 0.338 e. The minimum Gasteiger partial charge on any atom is -0.462 e. The molecule has 1 amide bonds. The molecule has 0 unspecified atom stereocenters. The SMILES string of the molecule is CCOC(=O)c1ccc(NC(=O)CSCc2ccc([N+](=O)[O-])cc2)c(C)c1. The molecule has 0 saturated carbocycles. The number of ether oxygens (including phenoxy) is 1. The second-order valence-corrected chi connectivity index (χ2v) is 6.70. The molecule has 0 aromatic heterocycles. The van der Waals surface area contributed by atoms with E-state index in [0.717, 1.165) is 11.1 Å². The van der Waals surface area contributed by atoms with Crippen LogP contribution in [0.2, 0.25) is 0 Å². The average Bonchev–Trinajstić information content (AvgIpc) is 2.64. The zero-order chi connectivity index (χ0) is 19.8. The van der Waals surface area contributed by atoms with E-state index in [4.69, 9.17) is 4.74 Å². The van der Waals surface area contributed by atoms with Crippen LogP contribution in [0.4, 0.5) is 11.4 Å². The summed E-state index contributed by atoms with van der Waals surface area (Å²) in [4.78, 5) is 34.0. The van der Waals surface area contributed by atoms with Gasteiger partial charge in [-0.05, 0) is 43.2 Å². The lowest BCUT2D eigenvalue weighted by atomic mass is 10.1. The lowest BCUT2D eigenvalue weighted by Crippen LogP contribution is -2.15. The molecule has 0 saturated heterocycles. The summed E-state index contributed by atoms with van der Waals surface area (Å²) in [7, 11) is 0. The number of nitrogens with one attached hydrogen (secondary N) is 1. The summed E-state index contributed by atoms with van der Waals surface area (Å²) in [5.41, 5.74) is 2.81. The number of anilines is 1. The van der Waals surface area contributed by atoms with E-state index in [1.54, 1.807) is 37.3 Å². The van der Waals surface area contributed by atoms with Crippen LogP contribution in [0.25, 0.3) is 0 Å². The maximum atomic E-state index is 12.1. The molecule has 0 aliphatic carbocycles. The van der Waals surface area contributed by atoms with Gasteiger partial charge in [0.2, 0.25) is 5.91 Å². The number of rotatable bonds is 8. The molecule has 0 radical (unpaired) electrons. The first kappa shape index (κ1) is 20.4. The Hall–Kier alpha value is -2.87. The molecule has 2 rings (SSSR count). The Balaban J connectivity index is 1.84. The molecule has 27 heavy (non-hydrogen) atoms. The molecule has 0 bridgehead atoms. The van der Waals surface area contributed by atoms with E-state index < -0.39 is 10.9 Å². The number of non-ortho nitro benzene ring substituents is 1. The molecule has 0 spiro atoms. The number of benzene rings is 2. The van der Waals surface area contributed by atoms with Crippen LogP contribution in [0.3, 0.4) is 0 Å². The van der Waals surface area contributed by atoms with Crippen molar-refractivity contribution in [3.8, 4) is 0 Å². The van der Waals surface area contributed by atoms with Crippen LogP contribution in [0.5, 0.6) is 0 Å². The lowest BCUT2D eigenvalue weighted by Gasteiger charge is -2.10. The van der Waals surface area contributed by atoms with Crippen LogP contribution in [0, 0.1) is 17.0 Å². The summed E-state index contributed by atoms with van der Waals surface area (Å²) in [6.45, 7) is 3.86. The van der Waals surface area contributed by atoms with E-state index in [2.05, 4.69) is 5.32 Å². The molecular formula is C19H20N2O5S. The number of esters is 1. The van der Waals surface area contributed by atoms with Gasteiger partial charge in [0.15, 0.2) is 0 Å². The van der Waals surface area contributed by atoms with Gasteiger partial charge < -0.3 is 10.1 Å². The van der Waals surface area contributed by atoms with Gasteiger partial charge in [-0.2, -0.15) is 0 Å². The first-order valence-corrected chi connectivity index (χ1v) is 9.45. The van der Waals surface area contributed by atoms with Crippen LogP contribution < -0.4 is 5.32 Å². The fraction of sp³-hybridized carbons (Fsp3) is 0.263. The second-order valence-electron chi connectivity index (χ2n) is 5.71. The lowest BCUT2D eigenvalue weighted by molar-refractivity contribution is -0.384. The van der Waals surface area contributed by atoms with Gasteiger partial charge >= 0.3 is 5.97 Å². The van der Waals surface area contributed by atoms with Crippen molar-refractivity contribution >= 4 is 35.0 Å². The summed E-state index contributed by atoms with van der Waals surface area (Å²) < 4.78 is 4.95. The van der Waals surface area contributed by atoms with Gasteiger partial charge in [-0.25, -0.2) is 4.79 Å². The summed E-state index contributed by atoms with van der Waals surface area (Å²) in [6, 6.07) is 11.2. The minimum atomic E-state index is -0.445. The molecule has 2 aromatic carbocycles. The summed E-state index contributed by atoms with van der Waals surface area (Å²) in [5.74, 6) is 0.272. The van der Waals surface area contributed by atoms with E-state index in [9.17, 15) is 19.7 Å². The molecule has 2 aromatic rings. The largest absolute Gasteiger partial charge is 0.462 e. The topological polar surface area (TPSA) is 98.5 Å². The van der Waals surface area contributed by atoms with Crippen LogP contribution in [-0.2, 0) is 15.3 Å². The molecule has 0 aliphatic rings. The third kappa shape index (κ3) is 6.10. The molecule has 0 atom stereocenters. The van der Waals surface area contributed by atoms with Crippen LogP contribution in [-0.4, -0.2) is 29.2 Å². The monoisotopic (exact) mass is 388 g/mol. The van der Waals surface area contributed by atoms with Gasteiger partial charge in [-0.3, -0.25) is 14.9 Å². The number of carbonyl (C=O) groups excluding carboxylic acids is 2. The third-order valence-electron chi connectivity index (χ3n) is 3.66. The van der Waals surface area contributed by atoms with Crippen molar-refractivity contribution in [2.45, 2.75) is 19.6 Å². The maximum absolute atomic E-state index is 12.1. The van der Waals surface area contributed by atoms with E-state index in [1.165, 1.54) is 23.9 Å². The van der Waals surface area contributed by atoms with Gasteiger partial charge in [0.1, 0.15) is 0 Å². The fourth-order valence-corrected chi connectivity index (χ4v) is 3.09. The van der Waals surface area contributed by atoms with Crippen molar-refractivity contribution in [3.05, 3.63) is 69.3 Å². The standard InChI is InChI=1S/C19H20N2O5S/c1-3-26-19(23)15-6-9-17(13(2)10-15)20-18(22)12-27-11-14-4-7-16(8-5-14)21(24)25/h4-10H,3,11-12H2,1-2H3,(H,20,22). The highest BCUT2D eigenvalue weighted by atomic mass is 32.2. The Bertz CT molecular complexity index is 836. The van der Waals surface area contributed by atoms with Crippen molar-refractivity contribution in [1.29, 1.82) is 0 Å². The molecule has 0 fully saturated rings. The number of carbonyl (C=O) groups is 2. The van der Waals surface area contributed by atoms with Gasteiger partial charge in [-0.1, -0.05) is 12.1 Å². The van der Waals surface area contributed by atoms with E-state index >= 15 is 0 Å². The number of nitrogens with zero attached hydrogens (tertiary/aromatic N) is 1.